The van der Waals surface area contributed by atoms with E-state index in [1.807, 2.05) is 11.8 Å². The van der Waals surface area contributed by atoms with Crippen LogP contribution >= 0.6 is 0 Å². The van der Waals surface area contributed by atoms with E-state index in [4.69, 9.17) is 4.98 Å². The highest BCUT2D eigenvalue weighted by Crippen LogP contribution is 2.30. The molecule has 2 saturated heterocycles. The number of pyridine rings is 1. The van der Waals surface area contributed by atoms with Crippen molar-refractivity contribution < 1.29 is 9.18 Å². The van der Waals surface area contributed by atoms with Crippen LogP contribution in [0.15, 0.2) is 36.4 Å². The molecule has 3 heterocycles. The molecule has 1 aromatic carbocycles. The van der Waals surface area contributed by atoms with E-state index in [1.165, 1.54) is 17.8 Å². The highest BCUT2D eigenvalue weighted by molar-refractivity contribution is 5.79. The summed E-state index contributed by atoms with van der Waals surface area (Å²) in [5.41, 5.74) is 4.08. The zero-order chi connectivity index (χ0) is 20.4. The fraction of sp³-hybridized carbons (Fsp3) is 0.478. The number of piperazine rings is 1. The monoisotopic (exact) mass is 396 g/mol. The van der Waals surface area contributed by atoms with Gasteiger partial charge >= 0.3 is 0 Å². The van der Waals surface area contributed by atoms with Gasteiger partial charge in [-0.15, -0.1) is 0 Å². The Morgan fingerprint density at radius 2 is 1.93 bits per heavy atom. The molecule has 2 aliphatic rings. The summed E-state index contributed by atoms with van der Waals surface area (Å²) < 4.78 is 13.4. The lowest BCUT2D eigenvalue weighted by Gasteiger charge is -2.34. The number of anilines is 1. The van der Waals surface area contributed by atoms with Crippen LogP contribution in [0, 0.1) is 12.7 Å². The Balaban J connectivity index is 1.42. The van der Waals surface area contributed by atoms with E-state index < -0.39 is 0 Å². The number of halogens is 1. The molecule has 2 aliphatic heterocycles. The van der Waals surface area contributed by atoms with Gasteiger partial charge in [0.15, 0.2) is 0 Å². The van der Waals surface area contributed by atoms with Gasteiger partial charge in [-0.2, -0.15) is 0 Å². The number of hydrogen-bond acceptors (Lipinski definition) is 4. The lowest BCUT2D eigenvalue weighted by molar-refractivity contribution is -0.129. The molecule has 5 nitrogen and oxygen atoms in total. The number of hydrogen-bond donors (Lipinski definition) is 0. The van der Waals surface area contributed by atoms with Crippen LogP contribution in [-0.2, 0) is 11.2 Å². The zero-order valence-corrected chi connectivity index (χ0v) is 17.3. The summed E-state index contributed by atoms with van der Waals surface area (Å²) in [6, 6.07) is 10.7. The quantitative estimate of drug-likeness (QED) is 0.797. The van der Waals surface area contributed by atoms with Crippen LogP contribution in [0.3, 0.4) is 0 Å². The van der Waals surface area contributed by atoms with Crippen LogP contribution in [0.2, 0.25) is 0 Å². The molecule has 4 rings (SSSR count). The third-order valence-electron chi connectivity index (χ3n) is 6.03. The van der Waals surface area contributed by atoms with Gasteiger partial charge < -0.3 is 14.7 Å². The van der Waals surface area contributed by atoms with Gasteiger partial charge in [-0.3, -0.25) is 9.78 Å². The molecule has 1 atom stereocenters. The van der Waals surface area contributed by atoms with Crippen molar-refractivity contribution in [1.82, 2.24) is 14.8 Å². The molecule has 1 amide bonds. The van der Waals surface area contributed by atoms with Crippen molar-refractivity contribution in [2.45, 2.75) is 25.7 Å². The highest BCUT2D eigenvalue weighted by Gasteiger charge is 2.29. The van der Waals surface area contributed by atoms with Crippen LogP contribution in [0.25, 0.3) is 0 Å². The Labute approximate surface area is 172 Å². The van der Waals surface area contributed by atoms with Gasteiger partial charge in [-0.1, -0.05) is 12.1 Å². The summed E-state index contributed by atoms with van der Waals surface area (Å²) in [4.78, 5) is 24.2. The minimum absolute atomic E-state index is 0.0602. The van der Waals surface area contributed by atoms with Gasteiger partial charge in [-0.25, -0.2) is 4.39 Å². The van der Waals surface area contributed by atoms with Gasteiger partial charge in [0.05, 0.1) is 6.42 Å². The van der Waals surface area contributed by atoms with E-state index in [0.29, 0.717) is 6.54 Å². The van der Waals surface area contributed by atoms with E-state index in [1.54, 1.807) is 12.1 Å². The summed E-state index contributed by atoms with van der Waals surface area (Å²) in [6.07, 6.45) is 1.17. The zero-order valence-electron chi connectivity index (χ0n) is 17.3. The average Bonchev–Trinajstić information content (AvgIpc) is 3.18. The number of likely N-dealkylation sites (tertiary alicyclic amines) is 1. The maximum atomic E-state index is 13.4. The third kappa shape index (κ3) is 4.75. The van der Waals surface area contributed by atoms with E-state index in [2.05, 4.69) is 29.0 Å². The lowest BCUT2D eigenvalue weighted by Crippen LogP contribution is -2.44. The Kier molecular flexibility index (Phi) is 5.81. The van der Waals surface area contributed by atoms with Crippen molar-refractivity contribution in [3.05, 3.63) is 59.2 Å². The first-order valence-corrected chi connectivity index (χ1v) is 10.4. The van der Waals surface area contributed by atoms with Crippen molar-refractivity contribution in [2.75, 3.05) is 51.2 Å². The van der Waals surface area contributed by atoms with Crippen LogP contribution in [-0.4, -0.2) is 67.0 Å². The standard InChI is InChI=1S/C23H29FN4O/c1-17-12-21(27-10-8-26(2)9-11-27)15-22(25-17)19-6-7-28(16-19)23(29)14-18-4-3-5-20(24)13-18/h3-5,12-13,15,19H,6-11,14,16H2,1-2H3. The van der Waals surface area contributed by atoms with E-state index in [0.717, 1.165) is 56.1 Å². The van der Waals surface area contributed by atoms with E-state index in [-0.39, 0.29) is 24.1 Å². The SMILES string of the molecule is Cc1cc(N2CCN(C)CC2)cc(C2CCN(C(=O)Cc3cccc(F)c3)C2)n1. The second-order valence-corrected chi connectivity index (χ2v) is 8.31. The molecule has 154 valence electrons. The topological polar surface area (TPSA) is 39.7 Å². The van der Waals surface area contributed by atoms with Crippen LogP contribution in [0.4, 0.5) is 10.1 Å². The second-order valence-electron chi connectivity index (χ2n) is 8.31. The minimum atomic E-state index is -0.296. The van der Waals surface area contributed by atoms with Crippen molar-refractivity contribution in [3.8, 4) is 0 Å². The van der Waals surface area contributed by atoms with Gasteiger partial charge in [0.25, 0.3) is 0 Å². The number of carbonyl (C=O) groups excluding carboxylic acids is 1. The molecular formula is C23H29FN4O. The van der Waals surface area contributed by atoms with E-state index >= 15 is 0 Å². The summed E-state index contributed by atoms with van der Waals surface area (Å²) in [6.45, 7) is 7.67. The third-order valence-corrected chi connectivity index (χ3v) is 6.03. The minimum Gasteiger partial charge on any atom is -0.369 e. The molecule has 0 radical (unpaired) electrons. The Morgan fingerprint density at radius 1 is 1.14 bits per heavy atom. The summed E-state index contributed by atoms with van der Waals surface area (Å²) in [5, 5.41) is 0. The number of amides is 1. The summed E-state index contributed by atoms with van der Waals surface area (Å²) in [7, 11) is 2.16. The van der Waals surface area contributed by atoms with Gasteiger partial charge in [0.1, 0.15) is 5.82 Å². The highest BCUT2D eigenvalue weighted by atomic mass is 19.1. The Bertz CT molecular complexity index is 879. The molecule has 0 bridgehead atoms. The van der Waals surface area contributed by atoms with Crippen molar-refractivity contribution in [3.63, 3.8) is 0 Å². The first-order valence-electron chi connectivity index (χ1n) is 10.4. The maximum Gasteiger partial charge on any atom is 0.227 e. The molecule has 2 fully saturated rings. The van der Waals surface area contributed by atoms with Crippen LogP contribution in [0.1, 0.15) is 29.3 Å². The molecule has 29 heavy (non-hydrogen) atoms. The largest absolute Gasteiger partial charge is 0.369 e. The van der Waals surface area contributed by atoms with Gasteiger partial charge in [0, 0.05) is 62.3 Å². The van der Waals surface area contributed by atoms with Crippen LogP contribution < -0.4 is 4.90 Å². The molecule has 0 aliphatic carbocycles. The number of nitrogens with zero attached hydrogens (tertiary/aromatic N) is 4. The lowest BCUT2D eigenvalue weighted by atomic mass is 10.0. The molecule has 6 heteroatoms. The molecule has 0 N–H and O–H groups in total. The smallest absolute Gasteiger partial charge is 0.227 e. The van der Waals surface area contributed by atoms with Crippen molar-refractivity contribution >= 4 is 11.6 Å². The predicted octanol–water partition coefficient (Wildman–Crippen LogP) is 2.84. The fourth-order valence-electron chi connectivity index (χ4n) is 4.29. The number of benzene rings is 1. The molecule has 1 aromatic heterocycles. The summed E-state index contributed by atoms with van der Waals surface area (Å²) >= 11 is 0. The van der Waals surface area contributed by atoms with E-state index in [9.17, 15) is 9.18 Å². The van der Waals surface area contributed by atoms with Gasteiger partial charge in [0.2, 0.25) is 5.91 Å². The van der Waals surface area contributed by atoms with Crippen LogP contribution in [0.5, 0.6) is 0 Å². The number of likely N-dealkylation sites (N-methyl/N-ethyl adjacent to an activating group) is 1. The Hall–Kier alpha value is -2.47. The molecule has 0 spiro atoms. The Morgan fingerprint density at radius 3 is 2.69 bits per heavy atom. The maximum absolute atomic E-state index is 13.4. The van der Waals surface area contributed by atoms with Crippen molar-refractivity contribution in [2.24, 2.45) is 0 Å². The number of aromatic nitrogens is 1. The molecule has 1 unspecified atom stereocenters. The first kappa shape index (κ1) is 19.8. The van der Waals surface area contributed by atoms with Crippen molar-refractivity contribution in [1.29, 1.82) is 0 Å². The summed E-state index contributed by atoms with van der Waals surface area (Å²) in [5.74, 6) is 0.0256. The molecule has 0 saturated carbocycles. The molecule has 2 aromatic rings. The number of aryl methyl sites for hydroxylation is 1. The average molecular weight is 397 g/mol. The second kappa shape index (κ2) is 8.49. The predicted molar refractivity (Wildman–Crippen MR) is 113 cm³/mol. The number of rotatable bonds is 4. The normalized spacial score (nSPS) is 20.3. The fourth-order valence-corrected chi connectivity index (χ4v) is 4.29. The number of carbonyl (C=O) groups is 1. The molecular weight excluding hydrogens is 367 g/mol. The first-order chi connectivity index (χ1) is 14.0. The van der Waals surface area contributed by atoms with Gasteiger partial charge in [-0.05, 0) is 50.2 Å².